The molecule has 0 radical (unpaired) electrons. The number of aliphatic hydroxyl groups is 1. The lowest BCUT2D eigenvalue weighted by atomic mass is 10.1. The average molecular weight is 417 g/mol. The van der Waals surface area contributed by atoms with Crippen LogP contribution in [0.5, 0.6) is 11.5 Å². The number of aliphatic hydroxyl groups excluding tert-OH is 1. The standard InChI is InChI=1S/C18H24N2O5S.ClH/c1-13-7-8-14(11-18(13)26(19,22)23)15(21)12-20-9-10-25-17-6-4-3-5-16(17)24-2;/h3-8,11,15,20-21H,9-10,12H2,1-2H3,(H2,19,22,23);1H/t15-;/m1./s1. The Hall–Kier alpha value is -1.84. The maximum Gasteiger partial charge on any atom is 0.238 e. The maximum absolute atomic E-state index is 11.6. The number of benzene rings is 2. The summed E-state index contributed by atoms with van der Waals surface area (Å²) >= 11 is 0. The van der Waals surface area contributed by atoms with Crippen LogP contribution in [-0.2, 0) is 10.0 Å². The van der Waals surface area contributed by atoms with Crippen molar-refractivity contribution in [2.75, 3.05) is 26.8 Å². The summed E-state index contributed by atoms with van der Waals surface area (Å²) in [6, 6.07) is 12.1. The molecule has 0 aromatic heterocycles. The summed E-state index contributed by atoms with van der Waals surface area (Å²) in [5.74, 6) is 1.30. The molecule has 4 N–H and O–H groups in total. The summed E-state index contributed by atoms with van der Waals surface area (Å²) in [4.78, 5) is 0.0218. The van der Waals surface area contributed by atoms with Crippen LogP contribution in [0, 0.1) is 6.92 Å². The lowest BCUT2D eigenvalue weighted by Gasteiger charge is -2.15. The van der Waals surface area contributed by atoms with E-state index in [4.69, 9.17) is 14.6 Å². The van der Waals surface area contributed by atoms with E-state index in [0.29, 0.717) is 35.8 Å². The van der Waals surface area contributed by atoms with E-state index < -0.39 is 16.1 Å². The van der Waals surface area contributed by atoms with Crippen LogP contribution in [0.4, 0.5) is 0 Å². The number of primary sulfonamides is 1. The predicted octanol–water partition coefficient (Wildman–Crippen LogP) is 1.77. The number of sulfonamides is 1. The van der Waals surface area contributed by atoms with Gasteiger partial charge in [-0.05, 0) is 36.2 Å². The summed E-state index contributed by atoms with van der Waals surface area (Å²) in [6.07, 6.45) is -0.859. The number of methoxy groups -OCH3 is 1. The Labute approximate surface area is 166 Å². The first-order valence-corrected chi connectivity index (χ1v) is 9.65. The molecule has 150 valence electrons. The molecular weight excluding hydrogens is 392 g/mol. The van der Waals surface area contributed by atoms with Gasteiger partial charge in [0.15, 0.2) is 11.5 Å². The first-order chi connectivity index (χ1) is 12.3. The Morgan fingerprint density at radius 2 is 1.85 bits per heavy atom. The molecule has 0 bridgehead atoms. The Balaban J connectivity index is 0.00000364. The minimum atomic E-state index is -3.82. The lowest BCUT2D eigenvalue weighted by molar-refractivity contribution is 0.171. The molecule has 0 saturated heterocycles. The second-order valence-corrected chi connectivity index (χ2v) is 7.32. The third-order valence-electron chi connectivity index (χ3n) is 3.85. The van der Waals surface area contributed by atoms with Gasteiger partial charge in [-0.15, -0.1) is 12.4 Å². The van der Waals surface area contributed by atoms with Crippen molar-refractivity contribution in [3.63, 3.8) is 0 Å². The Kier molecular flexibility index (Phi) is 9.01. The summed E-state index contributed by atoms with van der Waals surface area (Å²) in [7, 11) is -2.24. The minimum Gasteiger partial charge on any atom is -0.493 e. The van der Waals surface area contributed by atoms with Gasteiger partial charge in [-0.3, -0.25) is 0 Å². The van der Waals surface area contributed by atoms with E-state index in [1.807, 2.05) is 24.3 Å². The number of ether oxygens (including phenoxy) is 2. The fourth-order valence-electron chi connectivity index (χ4n) is 2.46. The van der Waals surface area contributed by atoms with E-state index in [-0.39, 0.29) is 23.8 Å². The Morgan fingerprint density at radius 3 is 2.48 bits per heavy atom. The number of rotatable bonds is 9. The highest BCUT2D eigenvalue weighted by molar-refractivity contribution is 7.89. The van der Waals surface area contributed by atoms with Gasteiger partial charge in [0.25, 0.3) is 0 Å². The second kappa shape index (κ2) is 10.5. The van der Waals surface area contributed by atoms with Crippen molar-refractivity contribution in [2.24, 2.45) is 5.14 Å². The van der Waals surface area contributed by atoms with Crippen LogP contribution in [0.25, 0.3) is 0 Å². The Bertz CT molecular complexity index is 845. The van der Waals surface area contributed by atoms with Gasteiger partial charge in [0, 0.05) is 13.1 Å². The van der Waals surface area contributed by atoms with Gasteiger partial charge in [0.1, 0.15) is 6.61 Å². The molecule has 2 aromatic carbocycles. The van der Waals surface area contributed by atoms with Crippen molar-refractivity contribution < 1.29 is 23.0 Å². The van der Waals surface area contributed by atoms with Gasteiger partial charge in [-0.1, -0.05) is 24.3 Å². The highest BCUT2D eigenvalue weighted by Gasteiger charge is 2.15. The third kappa shape index (κ3) is 6.67. The maximum atomic E-state index is 11.6. The van der Waals surface area contributed by atoms with Crippen LogP contribution in [0.1, 0.15) is 17.2 Å². The first-order valence-electron chi connectivity index (χ1n) is 8.11. The van der Waals surface area contributed by atoms with E-state index in [2.05, 4.69) is 5.32 Å². The van der Waals surface area contributed by atoms with Crippen LogP contribution in [0.3, 0.4) is 0 Å². The number of nitrogens with one attached hydrogen (secondary N) is 1. The molecule has 0 spiro atoms. The van der Waals surface area contributed by atoms with E-state index in [0.717, 1.165) is 0 Å². The summed E-state index contributed by atoms with van der Waals surface area (Å²) < 4.78 is 34.0. The van der Waals surface area contributed by atoms with Crippen molar-refractivity contribution in [3.8, 4) is 11.5 Å². The number of aryl methyl sites for hydroxylation is 1. The Morgan fingerprint density at radius 1 is 1.19 bits per heavy atom. The van der Waals surface area contributed by atoms with Crippen molar-refractivity contribution in [2.45, 2.75) is 17.9 Å². The quantitative estimate of drug-likeness (QED) is 0.537. The predicted molar refractivity (Wildman–Crippen MR) is 106 cm³/mol. The first kappa shape index (κ1) is 23.2. The number of nitrogens with two attached hydrogens (primary N) is 1. The largest absolute Gasteiger partial charge is 0.493 e. The number of halogens is 1. The molecule has 0 amide bonds. The SMILES string of the molecule is COc1ccccc1OCCNC[C@@H](O)c1ccc(C)c(S(N)(=O)=O)c1.Cl. The van der Waals surface area contributed by atoms with Crippen molar-refractivity contribution in [1.29, 1.82) is 0 Å². The number of para-hydroxylation sites is 2. The zero-order valence-corrected chi connectivity index (χ0v) is 16.8. The lowest BCUT2D eigenvalue weighted by Crippen LogP contribution is -2.26. The van der Waals surface area contributed by atoms with Gasteiger partial charge in [-0.2, -0.15) is 0 Å². The average Bonchev–Trinajstić information content (AvgIpc) is 2.61. The van der Waals surface area contributed by atoms with Gasteiger partial charge in [-0.25, -0.2) is 13.6 Å². The smallest absolute Gasteiger partial charge is 0.238 e. The fraction of sp³-hybridized carbons (Fsp3) is 0.333. The second-order valence-electron chi connectivity index (χ2n) is 5.79. The molecule has 0 aliphatic carbocycles. The zero-order valence-electron chi connectivity index (χ0n) is 15.2. The van der Waals surface area contributed by atoms with E-state index in [9.17, 15) is 13.5 Å². The van der Waals surface area contributed by atoms with Gasteiger partial charge >= 0.3 is 0 Å². The van der Waals surface area contributed by atoms with Crippen LogP contribution in [0.15, 0.2) is 47.4 Å². The monoisotopic (exact) mass is 416 g/mol. The van der Waals surface area contributed by atoms with Crippen molar-refractivity contribution in [1.82, 2.24) is 5.32 Å². The van der Waals surface area contributed by atoms with Crippen molar-refractivity contribution >= 4 is 22.4 Å². The van der Waals surface area contributed by atoms with E-state index in [1.54, 1.807) is 26.2 Å². The number of hydrogen-bond acceptors (Lipinski definition) is 6. The normalized spacial score (nSPS) is 12.1. The molecule has 2 aromatic rings. The molecule has 0 unspecified atom stereocenters. The molecule has 0 aliphatic rings. The molecule has 27 heavy (non-hydrogen) atoms. The zero-order chi connectivity index (χ0) is 19.2. The molecule has 9 heteroatoms. The van der Waals surface area contributed by atoms with Crippen LogP contribution in [-0.4, -0.2) is 40.3 Å². The highest BCUT2D eigenvalue weighted by atomic mass is 35.5. The van der Waals surface area contributed by atoms with Crippen molar-refractivity contribution in [3.05, 3.63) is 53.6 Å². The third-order valence-corrected chi connectivity index (χ3v) is 4.90. The fourth-order valence-corrected chi connectivity index (χ4v) is 3.28. The van der Waals surface area contributed by atoms with Gasteiger partial charge < -0.3 is 19.9 Å². The summed E-state index contributed by atoms with van der Waals surface area (Å²) in [5, 5.41) is 18.5. The van der Waals surface area contributed by atoms with Crippen LogP contribution < -0.4 is 19.9 Å². The van der Waals surface area contributed by atoms with Crippen LogP contribution in [0.2, 0.25) is 0 Å². The number of hydrogen-bond donors (Lipinski definition) is 3. The van der Waals surface area contributed by atoms with Gasteiger partial charge in [0.05, 0.1) is 18.1 Å². The molecule has 0 saturated carbocycles. The minimum absolute atomic E-state index is 0. The molecule has 7 nitrogen and oxygen atoms in total. The van der Waals surface area contributed by atoms with Crippen LogP contribution >= 0.6 is 12.4 Å². The summed E-state index contributed by atoms with van der Waals surface area (Å²) in [5.41, 5.74) is 1.03. The van der Waals surface area contributed by atoms with Gasteiger partial charge in [0.2, 0.25) is 10.0 Å². The molecule has 0 aliphatic heterocycles. The summed E-state index contributed by atoms with van der Waals surface area (Å²) in [6.45, 7) is 2.80. The molecular formula is C18H25ClN2O5S. The topological polar surface area (TPSA) is 111 Å². The van der Waals surface area contributed by atoms with E-state index >= 15 is 0 Å². The van der Waals surface area contributed by atoms with E-state index in [1.165, 1.54) is 6.07 Å². The molecule has 0 fully saturated rings. The molecule has 0 heterocycles. The molecule has 1 atom stereocenters. The highest BCUT2D eigenvalue weighted by Crippen LogP contribution is 2.25. The molecule has 2 rings (SSSR count).